The van der Waals surface area contributed by atoms with E-state index in [0.29, 0.717) is 0 Å². The van der Waals surface area contributed by atoms with Crippen molar-refractivity contribution in [2.45, 2.75) is 12.7 Å². The van der Waals surface area contributed by atoms with Gasteiger partial charge >= 0.3 is 0 Å². The van der Waals surface area contributed by atoms with Crippen LogP contribution in [0.4, 0.5) is 0 Å². The third kappa shape index (κ3) is 4.62. The Morgan fingerprint density at radius 2 is 1.65 bits per heavy atom. The van der Waals surface area contributed by atoms with Gasteiger partial charge in [-0.15, -0.1) is 0 Å². The van der Waals surface area contributed by atoms with Crippen molar-refractivity contribution >= 4 is 11.8 Å². The standard InChI is InChI=1S/C7H9NO4.C4H4O/c9-5-1-2-6(10)8(5)4-3-7(11)12;1-2-4-5-3-1/h1-2,7,11-12H,3-4H2;1-4H. The Morgan fingerprint density at radius 1 is 1.12 bits per heavy atom. The summed E-state index contributed by atoms with van der Waals surface area (Å²) in [6.07, 6.45) is 4.07. The second kappa shape index (κ2) is 6.62. The predicted octanol–water partition coefficient (Wildman–Crippen LogP) is -0.108. The van der Waals surface area contributed by atoms with E-state index in [1.54, 1.807) is 12.5 Å². The summed E-state index contributed by atoms with van der Waals surface area (Å²) in [5.41, 5.74) is 0. The van der Waals surface area contributed by atoms with Gasteiger partial charge in [0.25, 0.3) is 11.8 Å². The van der Waals surface area contributed by atoms with Crippen molar-refractivity contribution in [3.05, 3.63) is 36.8 Å². The van der Waals surface area contributed by atoms with Crippen molar-refractivity contribution in [1.29, 1.82) is 0 Å². The van der Waals surface area contributed by atoms with E-state index < -0.39 is 18.1 Å². The van der Waals surface area contributed by atoms with Gasteiger partial charge in [0.2, 0.25) is 0 Å². The molecule has 0 saturated carbocycles. The van der Waals surface area contributed by atoms with Crippen LogP contribution in [0.25, 0.3) is 0 Å². The van der Waals surface area contributed by atoms with Crippen molar-refractivity contribution in [3.8, 4) is 0 Å². The highest BCUT2D eigenvalue weighted by Gasteiger charge is 2.22. The van der Waals surface area contributed by atoms with Crippen LogP contribution in [-0.4, -0.2) is 39.8 Å². The number of carbonyl (C=O) groups is 2. The second-order valence-electron chi connectivity index (χ2n) is 3.22. The number of rotatable bonds is 3. The molecule has 0 bridgehead atoms. The summed E-state index contributed by atoms with van der Waals surface area (Å²) in [4.78, 5) is 22.7. The van der Waals surface area contributed by atoms with Gasteiger partial charge in [-0.05, 0) is 12.1 Å². The Morgan fingerprint density at radius 3 is 2.00 bits per heavy atom. The van der Waals surface area contributed by atoms with E-state index in [0.717, 1.165) is 17.1 Å². The van der Waals surface area contributed by atoms with E-state index in [2.05, 4.69) is 4.42 Å². The van der Waals surface area contributed by atoms with Crippen molar-refractivity contribution in [2.24, 2.45) is 0 Å². The Hall–Kier alpha value is -1.92. The van der Waals surface area contributed by atoms with Crippen molar-refractivity contribution in [1.82, 2.24) is 4.90 Å². The minimum atomic E-state index is -1.48. The summed E-state index contributed by atoms with van der Waals surface area (Å²) in [5, 5.41) is 16.9. The maximum atomic E-state index is 10.9. The zero-order valence-corrected chi connectivity index (χ0v) is 9.02. The molecule has 0 saturated heterocycles. The number of aliphatic hydroxyl groups excluding tert-OH is 1. The van der Waals surface area contributed by atoms with E-state index in [1.807, 2.05) is 12.1 Å². The predicted molar refractivity (Wildman–Crippen MR) is 57.4 cm³/mol. The molecule has 0 aromatic carbocycles. The molecule has 2 heterocycles. The number of hydrogen-bond donors (Lipinski definition) is 2. The molecule has 1 aromatic rings. The molecule has 6 heteroatoms. The number of aliphatic hydroxyl groups is 2. The van der Waals surface area contributed by atoms with Crippen molar-refractivity contribution in [2.75, 3.05) is 6.54 Å². The van der Waals surface area contributed by atoms with E-state index in [-0.39, 0.29) is 13.0 Å². The largest absolute Gasteiger partial charge is 0.473 e. The molecule has 0 atom stereocenters. The molecule has 0 aliphatic carbocycles. The number of furan rings is 1. The molecular formula is C11H13NO5. The third-order valence-corrected chi connectivity index (χ3v) is 1.94. The lowest BCUT2D eigenvalue weighted by Crippen LogP contribution is -2.32. The maximum absolute atomic E-state index is 10.9. The number of hydrogen-bond acceptors (Lipinski definition) is 5. The van der Waals surface area contributed by atoms with Gasteiger partial charge in [-0.3, -0.25) is 14.5 Å². The average molecular weight is 239 g/mol. The first kappa shape index (κ1) is 13.1. The number of imide groups is 1. The van der Waals surface area contributed by atoms with Gasteiger partial charge in [0.05, 0.1) is 12.5 Å². The minimum Gasteiger partial charge on any atom is -0.473 e. The number of amides is 2. The Kier molecular flexibility index (Phi) is 5.12. The molecule has 0 radical (unpaired) electrons. The van der Waals surface area contributed by atoms with Crippen molar-refractivity contribution in [3.63, 3.8) is 0 Å². The fraction of sp³-hybridized carbons (Fsp3) is 0.273. The summed E-state index contributed by atoms with van der Waals surface area (Å²) in [6.45, 7) is 0.0440. The first-order chi connectivity index (χ1) is 8.11. The van der Waals surface area contributed by atoms with Gasteiger partial charge in [0.1, 0.15) is 0 Å². The highest BCUT2D eigenvalue weighted by molar-refractivity contribution is 6.12. The molecule has 1 aliphatic heterocycles. The number of carbonyl (C=O) groups excluding carboxylic acids is 2. The van der Waals surface area contributed by atoms with Crippen LogP contribution < -0.4 is 0 Å². The second-order valence-corrected chi connectivity index (χ2v) is 3.22. The molecule has 17 heavy (non-hydrogen) atoms. The van der Waals surface area contributed by atoms with Crippen molar-refractivity contribution < 1.29 is 24.2 Å². The summed E-state index contributed by atoms with van der Waals surface area (Å²) in [5.74, 6) is -0.804. The highest BCUT2D eigenvalue weighted by Crippen LogP contribution is 2.04. The minimum absolute atomic E-state index is 0.0147. The molecule has 92 valence electrons. The van der Waals surface area contributed by atoms with Gasteiger partial charge in [0.15, 0.2) is 6.29 Å². The van der Waals surface area contributed by atoms with Crippen LogP contribution in [0.3, 0.4) is 0 Å². The molecule has 6 nitrogen and oxygen atoms in total. The fourth-order valence-electron chi connectivity index (χ4n) is 1.12. The maximum Gasteiger partial charge on any atom is 0.253 e. The topological polar surface area (TPSA) is 91.0 Å². The van der Waals surface area contributed by atoms with Crippen LogP contribution in [0.2, 0.25) is 0 Å². The van der Waals surface area contributed by atoms with E-state index in [4.69, 9.17) is 10.2 Å². The zero-order valence-electron chi connectivity index (χ0n) is 9.02. The molecule has 0 fully saturated rings. The molecule has 2 rings (SSSR count). The lowest BCUT2D eigenvalue weighted by molar-refractivity contribution is -0.138. The highest BCUT2D eigenvalue weighted by atomic mass is 16.5. The van der Waals surface area contributed by atoms with Gasteiger partial charge in [-0.2, -0.15) is 0 Å². The van der Waals surface area contributed by atoms with Gasteiger partial charge in [0, 0.05) is 25.1 Å². The smallest absolute Gasteiger partial charge is 0.253 e. The first-order valence-corrected chi connectivity index (χ1v) is 4.98. The van der Waals surface area contributed by atoms with Crippen LogP contribution in [0.1, 0.15) is 6.42 Å². The third-order valence-electron chi connectivity index (χ3n) is 1.94. The van der Waals surface area contributed by atoms with Gasteiger partial charge < -0.3 is 14.6 Å². The quantitative estimate of drug-likeness (QED) is 0.567. The summed E-state index contributed by atoms with van der Waals surface area (Å²) in [7, 11) is 0. The van der Waals surface area contributed by atoms with Crippen LogP contribution in [0.15, 0.2) is 41.2 Å². The summed E-state index contributed by atoms with van der Waals surface area (Å²) < 4.78 is 4.58. The molecule has 2 amide bonds. The average Bonchev–Trinajstić information content (AvgIpc) is 2.91. The zero-order chi connectivity index (χ0) is 12.7. The molecule has 1 aliphatic rings. The Balaban J connectivity index is 0.000000239. The fourth-order valence-corrected chi connectivity index (χ4v) is 1.12. The molecule has 0 unspecified atom stereocenters. The van der Waals surface area contributed by atoms with Crippen LogP contribution in [0.5, 0.6) is 0 Å². The molecule has 0 spiro atoms. The Bertz CT molecular complexity index is 347. The normalized spacial score (nSPS) is 14.2. The van der Waals surface area contributed by atoms with E-state index in [1.165, 1.54) is 0 Å². The SMILES string of the molecule is O=C1C=CC(=O)N1CCC(O)O.c1ccoc1. The summed E-state index contributed by atoms with van der Waals surface area (Å²) >= 11 is 0. The van der Waals surface area contributed by atoms with Crippen LogP contribution in [0, 0.1) is 0 Å². The first-order valence-electron chi connectivity index (χ1n) is 4.98. The lowest BCUT2D eigenvalue weighted by Gasteiger charge is -2.13. The van der Waals surface area contributed by atoms with Gasteiger partial charge in [-0.1, -0.05) is 0 Å². The monoisotopic (exact) mass is 239 g/mol. The Labute approximate surface area is 97.8 Å². The van der Waals surface area contributed by atoms with Gasteiger partial charge in [-0.25, -0.2) is 0 Å². The summed E-state index contributed by atoms with van der Waals surface area (Å²) in [6, 6.07) is 3.67. The van der Waals surface area contributed by atoms with E-state index >= 15 is 0 Å². The van der Waals surface area contributed by atoms with E-state index in [9.17, 15) is 9.59 Å². The molecule has 1 aromatic heterocycles. The molecular weight excluding hydrogens is 226 g/mol. The lowest BCUT2D eigenvalue weighted by atomic mass is 10.4. The van der Waals surface area contributed by atoms with Crippen LogP contribution in [-0.2, 0) is 9.59 Å². The molecule has 2 N–H and O–H groups in total. The van der Waals surface area contributed by atoms with Crippen LogP contribution >= 0.6 is 0 Å². The number of nitrogens with zero attached hydrogens (tertiary/aromatic N) is 1.